The number of H-pyrrole nitrogens is 1. The van der Waals surface area contributed by atoms with Crippen LogP contribution in [-0.2, 0) is 101 Å². The number of nitrogens with two attached hydrogens (primary N) is 6. The number of carbonyl (C=O) groups is 17. The first-order valence-corrected chi connectivity index (χ1v) is 42.8. The number of nitrogens with one attached hydrogen (secondary N) is 14. The van der Waals surface area contributed by atoms with Gasteiger partial charge < -0.3 is 118 Å². The van der Waals surface area contributed by atoms with Crippen LogP contribution in [0.4, 0.5) is 0 Å². The van der Waals surface area contributed by atoms with Gasteiger partial charge in [-0.2, -0.15) is 0 Å². The first-order valence-electron chi connectivity index (χ1n) is 40.6. The molecule has 4 aromatic carbocycles. The van der Waals surface area contributed by atoms with Gasteiger partial charge in [0.2, 0.25) is 100 Å². The number of aliphatic hydroxyl groups excluding tert-OH is 1. The standard InChI is InChI=1S/C83H118N20O19S2/c1-44-17-16-20-54-52(43-92-66(44)54)40-59-74(115)94-56(28-29-62(86)107)72(113)102-69(82(7,8)124-123-81(5,6)68(93-47(4)106)78(119)99-61(42-65(89)110)75(116)101-67(45(2)104)77(118)97-59)79(120)98-57(38-48-23-26-53(27-24-48)122-36-33-85)73(114)95-58(39-49-22-25-50-18-10-11-19-51(50)37-49)76(117)103-83(9,31-13-14-32-84)80(121)100-55(21-12-15-34-90-46(3)105)71(112)96-60(41-64(88)109)70(111)91-35-30-63(87)108/h10-11,16-20,22-27,37,43,45,55-61,67-69,92,104H,12-15,21,28-36,38-42,84-85H2,1-9H3,(H2,86,107)(H2,87,108)(H2,88,109)(H2,89,110)(H,90,105)(H,91,111)(H,93,106)(H,94,115)(H,95,114)(H,96,112)(H,97,118)(H,98,120)(H,99,119)(H,100,121)(H,101,116)(H,102,113)(H,103,117)/t45-,55+,56+,57+,58+,59+,60+,61+,67+,68-,69-,83?/m1/s1. The highest BCUT2D eigenvalue weighted by atomic mass is 33.1. The number of hydrogen-bond donors (Lipinski definition) is 21. The van der Waals surface area contributed by atoms with E-state index in [1.165, 1.54) is 41.5 Å². The number of aliphatic hydroxyl groups is 1. The molecule has 1 aliphatic rings. The summed E-state index contributed by atoms with van der Waals surface area (Å²) < 4.78 is 2.49. The zero-order valence-electron chi connectivity index (χ0n) is 71.0. The molecule has 1 saturated heterocycles. The van der Waals surface area contributed by atoms with Crippen molar-refractivity contribution in [2.75, 3.05) is 32.8 Å². The molecule has 1 aromatic heterocycles. The van der Waals surface area contributed by atoms with Crippen LogP contribution < -0.4 is 108 Å². The second kappa shape index (κ2) is 47.6. The summed E-state index contributed by atoms with van der Waals surface area (Å²) in [5, 5.41) is 47.4. The van der Waals surface area contributed by atoms with Crippen molar-refractivity contribution in [1.82, 2.24) is 74.1 Å². The Labute approximate surface area is 725 Å². The molecule has 1 aliphatic heterocycles. The van der Waals surface area contributed by atoms with E-state index in [4.69, 9.17) is 39.1 Å². The van der Waals surface area contributed by atoms with Crippen molar-refractivity contribution in [2.24, 2.45) is 34.4 Å². The molecule has 0 spiro atoms. The highest BCUT2D eigenvalue weighted by Gasteiger charge is 2.47. The van der Waals surface area contributed by atoms with Crippen molar-refractivity contribution in [1.29, 1.82) is 0 Å². The van der Waals surface area contributed by atoms with E-state index >= 15 is 28.8 Å². The van der Waals surface area contributed by atoms with Crippen LogP contribution in [0.25, 0.3) is 21.7 Å². The van der Waals surface area contributed by atoms with E-state index in [1.807, 2.05) is 31.2 Å². The van der Waals surface area contributed by atoms with Crippen LogP contribution in [0, 0.1) is 6.92 Å². The minimum absolute atomic E-state index is 0.111. The van der Waals surface area contributed by atoms with Gasteiger partial charge in [0.15, 0.2) is 0 Å². The van der Waals surface area contributed by atoms with Crippen molar-refractivity contribution >= 4 is 144 Å². The van der Waals surface area contributed by atoms with Crippen molar-refractivity contribution in [3.05, 3.63) is 113 Å². The molecule has 39 nitrogen and oxygen atoms in total. The highest BCUT2D eigenvalue weighted by molar-refractivity contribution is 8.77. The van der Waals surface area contributed by atoms with E-state index < -0.39 is 208 Å². The fraction of sp³-hybridized carbons (Fsp3) is 0.506. The number of hydrogen-bond acceptors (Lipinski definition) is 23. The monoisotopic (exact) mass is 1760 g/mol. The topological polar surface area (TPSA) is 648 Å². The molecular weight excluding hydrogens is 1650 g/mol. The summed E-state index contributed by atoms with van der Waals surface area (Å²) in [4.78, 5) is 244. The lowest BCUT2D eigenvalue weighted by molar-refractivity contribution is -0.138. The smallest absolute Gasteiger partial charge is 0.246 e. The van der Waals surface area contributed by atoms with Crippen LogP contribution in [0.3, 0.4) is 0 Å². The maximum absolute atomic E-state index is 16.2. The molecule has 1 unspecified atom stereocenters. The lowest BCUT2D eigenvalue weighted by Gasteiger charge is -2.39. The molecule has 676 valence electrons. The van der Waals surface area contributed by atoms with E-state index in [9.17, 15) is 57.8 Å². The SMILES string of the molecule is CC(=O)NCCCC[C@H](NC(=O)C(C)(CCCCN)NC(=O)[C@H](Cc1ccc2ccccc2c1)NC(=O)[C@H](Cc1ccc(OCCN)cc1)NC(=O)[C@H]1NC(=O)[C@H](CCC(N)=O)NC(=O)[C@H](Cc2c[nH]c3c(C)cccc23)NC(=O)[C@H]([C@@H](C)O)NC(=O)[C@H](CC(N)=O)NC(=O)[C@@H](NC(C)=O)C(C)(C)SSC1(C)C)C(=O)N[C@@H](CC(N)=O)C(=O)NCCC(N)=O. The number of ether oxygens (including phenoxy) is 1. The quantitative estimate of drug-likeness (QED) is 0.0142. The third-order valence-corrected chi connectivity index (χ3v) is 24.7. The molecule has 124 heavy (non-hydrogen) atoms. The molecule has 0 aliphatic carbocycles. The molecule has 1 fully saturated rings. The lowest BCUT2D eigenvalue weighted by Crippen LogP contribution is -2.65. The van der Waals surface area contributed by atoms with Crippen molar-refractivity contribution in [3.8, 4) is 5.75 Å². The predicted molar refractivity (Wildman–Crippen MR) is 464 cm³/mol. The Morgan fingerprint density at radius 3 is 1.82 bits per heavy atom. The molecule has 2 heterocycles. The third kappa shape index (κ3) is 31.4. The number of unbranched alkanes of at least 4 members (excludes halogenated alkanes) is 2. The van der Waals surface area contributed by atoms with Gasteiger partial charge in [-0.15, -0.1) is 0 Å². The minimum atomic E-state index is -2.01. The number of para-hydroxylation sites is 1. The number of amides is 17. The van der Waals surface area contributed by atoms with Gasteiger partial charge in [-0.05, 0) is 145 Å². The average molecular weight is 1760 g/mol. The summed E-state index contributed by atoms with van der Waals surface area (Å²) in [6.45, 7) is 12.9. The average Bonchev–Trinajstić information content (AvgIpc) is 1.43. The lowest BCUT2D eigenvalue weighted by atomic mass is 9.91. The summed E-state index contributed by atoms with van der Waals surface area (Å²) in [5.41, 5.74) is 34.6. The van der Waals surface area contributed by atoms with Crippen molar-refractivity contribution in [2.45, 2.75) is 234 Å². The van der Waals surface area contributed by atoms with Gasteiger partial charge >= 0.3 is 0 Å². The van der Waals surface area contributed by atoms with Gasteiger partial charge in [0.05, 0.1) is 18.9 Å². The molecular formula is C83H118N20O19S2. The molecule has 6 rings (SSSR count). The van der Waals surface area contributed by atoms with Gasteiger partial charge in [-0.3, -0.25) is 81.5 Å². The van der Waals surface area contributed by atoms with Gasteiger partial charge in [0.25, 0.3) is 0 Å². The van der Waals surface area contributed by atoms with Crippen molar-refractivity contribution in [3.63, 3.8) is 0 Å². The molecule has 41 heteroatoms. The minimum Gasteiger partial charge on any atom is -0.492 e. The molecule has 27 N–H and O–H groups in total. The molecule has 0 saturated carbocycles. The number of primary amides is 4. The van der Waals surface area contributed by atoms with E-state index in [-0.39, 0.29) is 90.1 Å². The molecule has 0 radical (unpaired) electrons. The van der Waals surface area contributed by atoms with Crippen LogP contribution in [-0.4, -0.2) is 225 Å². The third-order valence-electron chi connectivity index (χ3n) is 20.4. The zero-order valence-corrected chi connectivity index (χ0v) is 72.7. The Morgan fingerprint density at radius 1 is 0.573 bits per heavy atom. The summed E-state index contributed by atoms with van der Waals surface area (Å²) in [6, 6.07) is 6.50. The number of carbonyl (C=O) groups excluding carboxylic acids is 17. The van der Waals surface area contributed by atoms with Crippen LogP contribution in [0.1, 0.15) is 148 Å². The van der Waals surface area contributed by atoms with Crippen LogP contribution in [0.2, 0.25) is 0 Å². The zero-order chi connectivity index (χ0) is 91.9. The van der Waals surface area contributed by atoms with Gasteiger partial charge in [-0.25, -0.2) is 0 Å². The number of benzene rings is 4. The largest absolute Gasteiger partial charge is 0.492 e. The summed E-state index contributed by atoms with van der Waals surface area (Å²) in [7, 11) is 1.74. The number of aromatic amines is 1. The number of rotatable bonds is 41. The fourth-order valence-corrected chi connectivity index (χ4v) is 16.4. The maximum Gasteiger partial charge on any atom is 0.246 e. The number of aryl methyl sites for hydroxylation is 1. The summed E-state index contributed by atoms with van der Waals surface area (Å²) in [6.07, 6.45) is -3.77. The van der Waals surface area contributed by atoms with E-state index in [0.29, 0.717) is 45.1 Å². The Hall–Kier alpha value is -11.9. The van der Waals surface area contributed by atoms with Crippen LogP contribution in [0.15, 0.2) is 91.1 Å². The van der Waals surface area contributed by atoms with E-state index in [1.54, 1.807) is 66.9 Å². The summed E-state index contributed by atoms with van der Waals surface area (Å²) >= 11 is 0. The second-order valence-corrected chi connectivity index (χ2v) is 35.3. The van der Waals surface area contributed by atoms with Gasteiger partial charge in [0.1, 0.15) is 78.3 Å². The molecule has 12 atom stereocenters. The summed E-state index contributed by atoms with van der Waals surface area (Å²) in [5.74, 6) is -16.4. The van der Waals surface area contributed by atoms with Crippen LogP contribution >= 0.6 is 21.6 Å². The predicted octanol–water partition coefficient (Wildman–Crippen LogP) is -2.49. The van der Waals surface area contributed by atoms with E-state index in [2.05, 4.69) is 74.1 Å². The van der Waals surface area contributed by atoms with Crippen molar-refractivity contribution < 1.29 is 91.4 Å². The fourth-order valence-electron chi connectivity index (χ4n) is 13.6. The highest BCUT2D eigenvalue weighted by Crippen LogP contribution is 2.47. The molecule has 5 aromatic rings. The molecule has 17 amide bonds. The van der Waals surface area contributed by atoms with E-state index in [0.717, 1.165) is 46.4 Å². The van der Waals surface area contributed by atoms with Gasteiger partial charge in [-0.1, -0.05) is 94.4 Å². The Kier molecular flexibility index (Phi) is 38.7. The normalized spacial score (nSPS) is 19.3. The molecule has 0 bridgehead atoms. The first kappa shape index (κ1) is 101. The van der Waals surface area contributed by atoms with Gasteiger partial charge in [0, 0.05) is 92.2 Å². The number of fused-ring (bicyclic) bond motifs is 2. The number of aromatic nitrogens is 1. The second-order valence-electron chi connectivity index (χ2n) is 31.9. The van der Waals surface area contributed by atoms with Crippen LogP contribution in [0.5, 0.6) is 5.75 Å². The first-order chi connectivity index (χ1) is 58.4. The Bertz CT molecular complexity index is 4680. The maximum atomic E-state index is 16.2. The Balaban J connectivity index is 1.52. The Morgan fingerprint density at radius 2 is 1.19 bits per heavy atom.